The average Bonchev–Trinajstić information content (AvgIpc) is 2.81. The van der Waals surface area contributed by atoms with Gasteiger partial charge >= 0.3 is 0 Å². The fourth-order valence-electron chi connectivity index (χ4n) is 2.01. The second-order valence-corrected chi connectivity index (χ2v) is 3.99. The summed E-state index contributed by atoms with van der Waals surface area (Å²) < 4.78 is 0. The van der Waals surface area contributed by atoms with Crippen molar-refractivity contribution >= 4 is 5.91 Å². The largest absolute Gasteiger partial charge is 0.349 e. The van der Waals surface area contributed by atoms with Crippen LogP contribution in [0.15, 0.2) is 18.5 Å². The minimum atomic E-state index is -0.184. The van der Waals surface area contributed by atoms with E-state index in [1.807, 2.05) is 6.07 Å². The summed E-state index contributed by atoms with van der Waals surface area (Å²) in [6.07, 6.45) is 7.38. The molecule has 2 rings (SSSR count). The Labute approximate surface area is 94.3 Å². The molecule has 0 radical (unpaired) electrons. The van der Waals surface area contributed by atoms with Gasteiger partial charge in [0.25, 0.3) is 5.91 Å². The van der Waals surface area contributed by atoms with Crippen molar-refractivity contribution in [3.05, 3.63) is 29.6 Å². The lowest BCUT2D eigenvalue weighted by Gasteiger charge is -2.11. The van der Waals surface area contributed by atoms with Gasteiger partial charge in [0.1, 0.15) is 6.07 Å². The zero-order valence-corrected chi connectivity index (χ0v) is 8.94. The summed E-state index contributed by atoms with van der Waals surface area (Å²) in [5.41, 5.74) is 0.752. The molecular formula is C12H13N3O. The molecule has 1 aromatic rings. The Hall–Kier alpha value is -1.89. The van der Waals surface area contributed by atoms with Crippen molar-refractivity contribution in [2.24, 2.45) is 0 Å². The van der Waals surface area contributed by atoms with Gasteiger partial charge in [-0.05, 0) is 18.9 Å². The molecule has 4 nitrogen and oxygen atoms in total. The van der Waals surface area contributed by atoms with Crippen LogP contribution in [0.5, 0.6) is 0 Å². The molecule has 16 heavy (non-hydrogen) atoms. The van der Waals surface area contributed by atoms with Crippen molar-refractivity contribution in [1.82, 2.24) is 10.3 Å². The number of carbonyl (C=O) groups excluding carboxylic acids is 1. The number of rotatable bonds is 2. The first kappa shape index (κ1) is 10.6. The van der Waals surface area contributed by atoms with Crippen LogP contribution in [0.1, 0.15) is 41.6 Å². The summed E-state index contributed by atoms with van der Waals surface area (Å²) in [4.78, 5) is 15.8. The van der Waals surface area contributed by atoms with Crippen molar-refractivity contribution in [3.63, 3.8) is 0 Å². The number of amides is 1. The molecule has 0 unspecified atom stereocenters. The van der Waals surface area contributed by atoms with Crippen LogP contribution >= 0.6 is 0 Å². The van der Waals surface area contributed by atoms with E-state index in [1.165, 1.54) is 25.2 Å². The third-order valence-corrected chi connectivity index (χ3v) is 2.88. The van der Waals surface area contributed by atoms with E-state index in [2.05, 4.69) is 10.3 Å². The first-order valence-electron chi connectivity index (χ1n) is 5.46. The predicted molar refractivity (Wildman–Crippen MR) is 58.7 cm³/mol. The van der Waals surface area contributed by atoms with E-state index in [4.69, 9.17) is 5.26 Å². The fourth-order valence-corrected chi connectivity index (χ4v) is 2.01. The highest BCUT2D eigenvalue weighted by Crippen LogP contribution is 2.18. The Morgan fingerprint density at radius 1 is 1.50 bits per heavy atom. The summed E-state index contributed by atoms with van der Waals surface area (Å²) in [5.74, 6) is -0.184. The van der Waals surface area contributed by atoms with Crippen LogP contribution in [-0.2, 0) is 0 Å². The van der Waals surface area contributed by atoms with Crippen molar-refractivity contribution in [2.75, 3.05) is 0 Å². The molecule has 1 saturated carbocycles. The number of nitrogens with one attached hydrogen (secondary N) is 1. The van der Waals surface area contributed by atoms with Crippen LogP contribution in [0.25, 0.3) is 0 Å². The van der Waals surface area contributed by atoms with Crippen molar-refractivity contribution < 1.29 is 4.79 Å². The van der Waals surface area contributed by atoms with Gasteiger partial charge in [0.05, 0.1) is 11.1 Å². The number of hydrogen-bond acceptors (Lipinski definition) is 3. The summed E-state index contributed by atoms with van der Waals surface area (Å²) in [6.45, 7) is 0. The monoisotopic (exact) mass is 215 g/mol. The highest BCUT2D eigenvalue weighted by Gasteiger charge is 2.19. The Balaban J connectivity index is 2.11. The van der Waals surface area contributed by atoms with Crippen molar-refractivity contribution in [2.45, 2.75) is 31.7 Å². The molecule has 4 heteroatoms. The van der Waals surface area contributed by atoms with Crippen LogP contribution < -0.4 is 5.32 Å². The normalized spacial score (nSPS) is 15.7. The number of nitriles is 1. The molecule has 1 N–H and O–H groups in total. The lowest BCUT2D eigenvalue weighted by molar-refractivity contribution is 0.0937. The first-order valence-corrected chi connectivity index (χ1v) is 5.46. The summed E-state index contributed by atoms with van der Waals surface area (Å²) in [7, 11) is 0. The van der Waals surface area contributed by atoms with Gasteiger partial charge in [-0.2, -0.15) is 5.26 Å². The van der Waals surface area contributed by atoms with Crippen LogP contribution in [0.4, 0.5) is 0 Å². The highest BCUT2D eigenvalue weighted by molar-refractivity contribution is 5.96. The molecule has 0 saturated heterocycles. The van der Waals surface area contributed by atoms with Gasteiger partial charge in [0.2, 0.25) is 0 Å². The predicted octanol–water partition coefficient (Wildman–Crippen LogP) is 1.63. The van der Waals surface area contributed by atoms with Crippen LogP contribution in [-0.4, -0.2) is 16.9 Å². The molecule has 0 spiro atoms. The summed E-state index contributed by atoms with van der Waals surface area (Å²) in [6, 6.07) is 3.82. The summed E-state index contributed by atoms with van der Waals surface area (Å²) in [5, 5.41) is 11.8. The molecule has 1 aliphatic carbocycles. The van der Waals surface area contributed by atoms with E-state index in [9.17, 15) is 4.79 Å². The molecular weight excluding hydrogens is 202 g/mol. The van der Waals surface area contributed by atoms with Gasteiger partial charge in [0, 0.05) is 18.4 Å². The quantitative estimate of drug-likeness (QED) is 0.815. The second kappa shape index (κ2) is 4.75. The zero-order valence-electron chi connectivity index (χ0n) is 8.94. The maximum Gasteiger partial charge on any atom is 0.254 e. The number of hydrogen-bond donors (Lipinski definition) is 1. The Morgan fingerprint density at radius 3 is 2.94 bits per heavy atom. The minimum Gasteiger partial charge on any atom is -0.349 e. The van der Waals surface area contributed by atoms with Crippen LogP contribution in [0, 0.1) is 11.3 Å². The topological polar surface area (TPSA) is 65.8 Å². The lowest BCUT2D eigenvalue weighted by Crippen LogP contribution is -2.33. The first-order chi connectivity index (χ1) is 7.81. The van der Waals surface area contributed by atoms with Gasteiger partial charge in [-0.3, -0.25) is 9.78 Å². The minimum absolute atomic E-state index is 0.184. The van der Waals surface area contributed by atoms with Crippen LogP contribution in [0.2, 0.25) is 0 Å². The molecule has 1 heterocycles. The third-order valence-electron chi connectivity index (χ3n) is 2.88. The van der Waals surface area contributed by atoms with Gasteiger partial charge in [0.15, 0.2) is 0 Å². The Kier molecular flexibility index (Phi) is 3.16. The SMILES string of the molecule is N#Cc1ccncc1C(=O)NC1CCCC1. The van der Waals surface area contributed by atoms with Gasteiger partial charge in [-0.1, -0.05) is 12.8 Å². The third kappa shape index (κ3) is 2.19. The van der Waals surface area contributed by atoms with Crippen molar-refractivity contribution in [3.8, 4) is 6.07 Å². The van der Waals surface area contributed by atoms with E-state index in [0.29, 0.717) is 11.1 Å². The number of nitrogens with zero attached hydrogens (tertiary/aromatic N) is 2. The van der Waals surface area contributed by atoms with E-state index in [1.54, 1.807) is 6.07 Å². The lowest BCUT2D eigenvalue weighted by atomic mass is 10.1. The molecule has 0 aliphatic heterocycles. The van der Waals surface area contributed by atoms with E-state index >= 15 is 0 Å². The van der Waals surface area contributed by atoms with Crippen LogP contribution in [0.3, 0.4) is 0 Å². The molecule has 0 atom stereocenters. The average molecular weight is 215 g/mol. The number of carbonyl (C=O) groups is 1. The Bertz CT molecular complexity index is 430. The van der Waals surface area contributed by atoms with E-state index in [0.717, 1.165) is 12.8 Å². The highest BCUT2D eigenvalue weighted by atomic mass is 16.1. The molecule has 1 aliphatic rings. The van der Waals surface area contributed by atoms with Crippen molar-refractivity contribution in [1.29, 1.82) is 5.26 Å². The standard InChI is InChI=1S/C12H13N3O/c13-7-9-5-6-14-8-11(9)12(16)15-10-3-1-2-4-10/h5-6,8,10H,1-4H2,(H,15,16). The number of aromatic nitrogens is 1. The van der Waals surface area contributed by atoms with E-state index in [-0.39, 0.29) is 11.9 Å². The Morgan fingerprint density at radius 2 is 2.25 bits per heavy atom. The molecule has 82 valence electrons. The van der Waals surface area contributed by atoms with E-state index < -0.39 is 0 Å². The molecule has 0 aromatic carbocycles. The molecule has 0 bridgehead atoms. The molecule has 1 fully saturated rings. The van der Waals surface area contributed by atoms with Gasteiger partial charge in [-0.15, -0.1) is 0 Å². The summed E-state index contributed by atoms with van der Waals surface area (Å²) >= 11 is 0. The molecule has 1 amide bonds. The smallest absolute Gasteiger partial charge is 0.254 e. The maximum atomic E-state index is 11.9. The van der Waals surface area contributed by atoms with Gasteiger partial charge < -0.3 is 5.32 Å². The maximum absolute atomic E-state index is 11.9. The number of pyridine rings is 1. The van der Waals surface area contributed by atoms with Gasteiger partial charge in [-0.25, -0.2) is 0 Å². The molecule has 1 aromatic heterocycles. The fraction of sp³-hybridized carbons (Fsp3) is 0.417. The second-order valence-electron chi connectivity index (χ2n) is 3.99. The zero-order chi connectivity index (χ0) is 11.4.